The molecular weight excluding hydrogens is 378 g/mol. The second-order valence-electron chi connectivity index (χ2n) is 6.10. The van der Waals surface area contributed by atoms with Gasteiger partial charge in [0.1, 0.15) is 18.0 Å². The van der Waals surface area contributed by atoms with Crippen molar-refractivity contribution in [3.8, 4) is 22.8 Å². The Kier molecular flexibility index (Phi) is 4.94. The van der Waals surface area contributed by atoms with Crippen molar-refractivity contribution in [3.63, 3.8) is 0 Å². The SMILES string of the molecule is COc1ccc(NC(=O)CN2C(=O)COc3ccc(-c4cscn4)cc32)cc1. The molecule has 4 rings (SSSR count). The second-order valence-corrected chi connectivity index (χ2v) is 6.82. The van der Waals surface area contributed by atoms with Gasteiger partial charge in [0.05, 0.1) is 24.0 Å². The lowest BCUT2D eigenvalue weighted by atomic mass is 10.1. The molecule has 0 saturated heterocycles. The molecule has 0 bridgehead atoms. The first kappa shape index (κ1) is 18.0. The lowest BCUT2D eigenvalue weighted by Crippen LogP contribution is -2.43. The maximum absolute atomic E-state index is 12.5. The molecule has 0 aliphatic carbocycles. The largest absolute Gasteiger partial charge is 0.497 e. The number of fused-ring (bicyclic) bond motifs is 1. The molecule has 1 aliphatic rings. The van der Waals surface area contributed by atoms with E-state index in [2.05, 4.69) is 10.3 Å². The van der Waals surface area contributed by atoms with Crippen molar-refractivity contribution in [2.45, 2.75) is 0 Å². The molecular formula is C20H17N3O4S. The summed E-state index contributed by atoms with van der Waals surface area (Å²) in [4.78, 5) is 30.7. The van der Waals surface area contributed by atoms with Gasteiger partial charge in [-0.2, -0.15) is 0 Å². The lowest BCUT2D eigenvalue weighted by Gasteiger charge is -2.29. The number of nitrogens with zero attached hydrogens (tertiary/aromatic N) is 2. The van der Waals surface area contributed by atoms with E-state index in [1.165, 1.54) is 16.2 Å². The van der Waals surface area contributed by atoms with Crippen molar-refractivity contribution < 1.29 is 19.1 Å². The highest BCUT2D eigenvalue weighted by molar-refractivity contribution is 7.07. The van der Waals surface area contributed by atoms with Crippen LogP contribution < -0.4 is 19.7 Å². The molecule has 1 aromatic heterocycles. The van der Waals surface area contributed by atoms with Crippen LogP contribution in [0.2, 0.25) is 0 Å². The number of thiazole rings is 1. The molecule has 3 aromatic rings. The first-order valence-electron chi connectivity index (χ1n) is 8.54. The molecule has 142 valence electrons. The smallest absolute Gasteiger partial charge is 0.265 e. The van der Waals surface area contributed by atoms with Gasteiger partial charge in [0, 0.05) is 16.6 Å². The third kappa shape index (κ3) is 3.67. The summed E-state index contributed by atoms with van der Waals surface area (Å²) in [7, 11) is 1.58. The fraction of sp³-hybridized carbons (Fsp3) is 0.150. The van der Waals surface area contributed by atoms with Crippen LogP contribution in [0.3, 0.4) is 0 Å². The molecule has 0 saturated carbocycles. The summed E-state index contributed by atoms with van der Waals surface area (Å²) in [6, 6.07) is 12.5. The summed E-state index contributed by atoms with van der Waals surface area (Å²) in [6.45, 7) is -0.208. The van der Waals surface area contributed by atoms with Crippen LogP contribution in [0, 0.1) is 0 Å². The topological polar surface area (TPSA) is 80.8 Å². The Bertz CT molecular complexity index is 1000. The van der Waals surface area contributed by atoms with Gasteiger partial charge < -0.3 is 14.8 Å². The highest BCUT2D eigenvalue weighted by Crippen LogP contribution is 2.36. The maximum atomic E-state index is 12.5. The summed E-state index contributed by atoms with van der Waals surface area (Å²) >= 11 is 1.49. The number of aromatic nitrogens is 1. The zero-order valence-electron chi connectivity index (χ0n) is 15.0. The summed E-state index contributed by atoms with van der Waals surface area (Å²) in [5, 5.41) is 4.72. The van der Waals surface area contributed by atoms with E-state index in [1.54, 1.807) is 43.0 Å². The zero-order chi connectivity index (χ0) is 19.5. The van der Waals surface area contributed by atoms with Crippen molar-refractivity contribution in [2.75, 3.05) is 30.5 Å². The van der Waals surface area contributed by atoms with E-state index in [4.69, 9.17) is 9.47 Å². The number of ether oxygens (including phenoxy) is 2. The van der Waals surface area contributed by atoms with Gasteiger partial charge >= 0.3 is 0 Å². The maximum Gasteiger partial charge on any atom is 0.265 e. The number of methoxy groups -OCH3 is 1. The minimum absolute atomic E-state index is 0.0983. The quantitative estimate of drug-likeness (QED) is 0.718. The van der Waals surface area contributed by atoms with Crippen LogP contribution in [0.15, 0.2) is 53.4 Å². The molecule has 0 fully saturated rings. The van der Waals surface area contributed by atoms with Crippen molar-refractivity contribution in [1.82, 2.24) is 4.98 Å². The first-order chi connectivity index (χ1) is 13.6. The molecule has 0 radical (unpaired) electrons. The van der Waals surface area contributed by atoms with Gasteiger partial charge in [-0.1, -0.05) is 0 Å². The molecule has 2 heterocycles. The number of hydrogen-bond acceptors (Lipinski definition) is 6. The second kappa shape index (κ2) is 7.69. The van der Waals surface area contributed by atoms with Crippen molar-refractivity contribution in [3.05, 3.63) is 53.4 Å². The van der Waals surface area contributed by atoms with Gasteiger partial charge in [0.25, 0.3) is 5.91 Å². The first-order valence-corrected chi connectivity index (χ1v) is 9.48. The monoisotopic (exact) mass is 395 g/mol. The fourth-order valence-electron chi connectivity index (χ4n) is 2.91. The van der Waals surface area contributed by atoms with Gasteiger partial charge in [-0.15, -0.1) is 11.3 Å². The average Bonchev–Trinajstić information content (AvgIpc) is 3.25. The average molecular weight is 395 g/mol. The summed E-state index contributed by atoms with van der Waals surface area (Å²) < 4.78 is 10.6. The summed E-state index contributed by atoms with van der Waals surface area (Å²) in [5.41, 5.74) is 4.61. The van der Waals surface area contributed by atoms with Gasteiger partial charge in [0.2, 0.25) is 5.91 Å². The minimum Gasteiger partial charge on any atom is -0.497 e. The number of hydrogen-bond donors (Lipinski definition) is 1. The molecule has 28 heavy (non-hydrogen) atoms. The Morgan fingerprint density at radius 2 is 2.11 bits per heavy atom. The Hall–Kier alpha value is -3.39. The van der Waals surface area contributed by atoms with Crippen LogP contribution in [-0.4, -0.2) is 37.1 Å². The van der Waals surface area contributed by atoms with Crippen LogP contribution >= 0.6 is 11.3 Å². The summed E-state index contributed by atoms with van der Waals surface area (Å²) in [5.74, 6) is 0.693. The molecule has 2 aromatic carbocycles. The predicted molar refractivity (Wildman–Crippen MR) is 107 cm³/mol. The van der Waals surface area contributed by atoms with Gasteiger partial charge in [-0.05, 0) is 42.5 Å². The van der Waals surface area contributed by atoms with Gasteiger partial charge in [-0.3, -0.25) is 14.5 Å². The fourth-order valence-corrected chi connectivity index (χ4v) is 3.47. The molecule has 1 N–H and O–H groups in total. The zero-order valence-corrected chi connectivity index (χ0v) is 15.9. The van der Waals surface area contributed by atoms with Crippen LogP contribution in [0.1, 0.15) is 0 Å². The van der Waals surface area contributed by atoms with E-state index in [9.17, 15) is 9.59 Å². The van der Waals surface area contributed by atoms with E-state index in [-0.39, 0.29) is 25.0 Å². The molecule has 7 nitrogen and oxygen atoms in total. The third-order valence-electron chi connectivity index (χ3n) is 4.31. The van der Waals surface area contributed by atoms with E-state index in [0.29, 0.717) is 22.9 Å². The van der Waals surface area contributed by atoms with Crippen LogP contribution in [-0.2, 0) is 9.59 Å². The van der Waals surface area contributed by atoms with Gasteiger partial charge in [0.15, 0.2) is 6.61 Å². The third-order valence-corrected chi connectivity index (χ3v) is 4.89. The number of benzene rings is 2. The highest BCUT2D eigenvalue weighted by Gasteiger charge is 2.28. The van der Waals surface area contributed by atoms with Crippen molar-refractivity contribution >= 4 is 34.5 Å². The van der Waals surface area contributed by atoms with E-state index in [1.807, 2.05) is 17.5 Å². The van der Waals surface area contributed by atoms with Gasteiger partial charge in [-0.25, -0.2) is 4.98 Å². The number of carbonyl (C=O) groups excluding carboxylic acids is 2. The lowest BCUT2D eigenvalue weighted by molar-refractivity contribution is -0.123. The Labute approximate surface area is 165 Å². The molecule has 0 atom stereocenters. The van der Waals surface area contributed by atoms with Crippen molar-refractivity contribution in [1.29, 1.82) is 0 Å². The molecule has 8 heteroatoms. The molecule has 2 amide bonds. The number of nitrogens with one attached hydrogen (secondary N) is 1. The van der Waals surface area contributed by atoms with Crippen molar-refractivity contribution in [2.24, 2.45) is 0 Å². The number of carbonyl (C=O) groups is 2. The Morgan fingerprint density at radius 1 is 1.29 bits per heavy atom. The number of amides is 2. The normalized spacial score (nSPS) is 12.9. The Balaban J connectivity index is 1.55. The number of anilines is 2. The van der Waals surface area contributed by atoms with Crippen LogP contribution in [0.4, 0.5) is 11.4 Å². The minimum atomic E-state index is -0.301. The Morgan fingerprint density at radius 3 is 2.82 bits per heavy atom. The molecule has 0 spiro atoms. The van der Waals surface area contributed by atoms with E-state index < -0.39 is 0 Å². The highest BCUT2D eigenvalue weighted by atomic mass is 32.1. The summed E-state index contributed by atoms with van der Waals surface area (Å²) in [6.07, 6.45) is 0. The predicted octanol–water partition coefficient (Wildman–Crippen LogP) is 3.18. The number of rotatable bonds is 5. The van der Waals surface area contributed by atoms with E-state index in [0.717, 1.165) is 11.3 Å². The standard InChI is InChI=1S/C20H17N3O4S/c1-26-15-5-3-14(4-6-15)22-19(24)9-23-17-8-13(16-11-28-12-21-16)2-7-18(17)27-10-20(23)25/h2-8,11-12H,9-10H2,1H3,(H,22,24). The molecule has 0 unspecified atom stereocenters. The van der Waals surface area contributed by atoms with E-state index >= 15 is 0 Å². The van der Waals surface area contributed by atoms with Crippen LogP contribution in [0.5, 0.6) is 11.5 Å². The molecule has 1 aliphatic heterocycles. The van der Waals surface area contributed by atoms with Crippen LogP contribution in [0.25, 0.3) is 11.3 Å².